The Hall–Kier alpha value is -3.25. The second-order valence-electron chi connectivity index (χ2n) is 6.89. The highest BCUT2D eigenvalue weighted by Crippen LogP contribution is 2.29. The van der Waals surface area contributed by atoms with Crippen molar-refractivity contribution < 1.29 is 18.0 Å². The van der Waals surface area contributed by atoms with Crippen LogP contribution in [0.4, 0.5) is 5.69 Å². The molecule has 140 valence electrons. The number of sulfonamides is 1. The first-order valence-corrected chi connectivity index (χ1v) is 10.2. The van der Waals surface area contributed by atoms with E-state index in [2.05, 4.69) is 4.72 Å². The summed E-state index contributed by atoms with van der Waals surface area (Å²) in [6.45, 7) is 3.76. The molecular weight excluding hydrogens is 374 g/mol. The Morgan fingerprint density at radius 3 is 1.82 bits per heavy atom. The summed E-state index contributed by atoms with van der Waals surface area (Å²) in [5.41, 5.74) is 3.26. The Balaban J connectivity index is 1.76. The van der Waals surface area contributed by atoms with E-state index < -0.39 is 10.0 Å². The quantitative estimate of drug-likeness (QED) is 0.575. The van der Waals surface area contributed by atoms with Gasteiger partial charge >= 0.3 is 0 Å². The van der Waals surface area contributed by atoms with E-state index in [1.165, 1.54) is 18.2 Å². The molecule has 0 fully saturated rings. The number of fused-ring (bicyclic) bond motifs is 2. The predicted molar refractivity (Wildman–Crippen MR) is 106 cm³/mol. The first-order chi connectivity index (χ1) is 13.3. The Morgan fingerprint density at radius 2 is 1.21 bits per heavy atom. The first-order valence-electron chi connectivity index (χ1n) is 8.70. The molecule has 0 amide bonds. The molecule has 6 heteroatoms. The van der Waals surface area contributed by atoms with Crippen LogP contribution in [0.15, 0.2) is 65.6 Å². The lowest BCUT2D eigenvalue weighted by Crippen LogP contribution is -2.22. The van der Waals surface area contributed by atoms with Gasteiger partial charge in [0.1, 0.15) is 0 Å². The van der Waals surface area contributed by atoms with Crippen LogP contribution in [0.3, 0.4) is 0 Å². The van der Waals surface area contributed by atoms with Crippen molar-refractivity contribution in [2.24, 2.45) is 0 Å². The van der Waals surface area contributed by atoms with E-state index in [9.17, 15) is 18.0 Å². The maximum atomic E-state index is 12.8. The Kier molecular flexibility index (Phi) is 4.16. The number of carbonyl (C=O) groups is 2. The fourth-order valence-corrected chi connectivity index (χ4v) is 4.56. The van der Waals surface area contributed by atoms with Gasteiger partial charge in [0, 0.05) is 27.9 Å². The van der Waals surface area contributed by atoms with Crippen molar-refractivity contribution in [3.05, 3.63) is 94.0 Å². The fourth-order valence-electron chi connectivity index (χ4n) is 3.49. The minimum Gasteiger partial charge on any atom is -0.289 e. The lowest BCUT2D eigenvalue weighted by molar-refractivity contribution is 0.0979. The van der Waals surface area contributed by atoms with Crippen LogP contribution in [0.5, 0.6) is 0 Å². The van der Waals surface area contributed by atoms with Crippen molar-refractivity contribution >= 4 is 27.3 Å². The van der Waals surface area contributed by atoms with E-state index in [4.69, 9.17) is 0 Å². The van der Waals surface area contributed by atoms with Gasteiger partial charge < -0.3 is 0 Å². The van der Waals surface area contributed by atoms with E-state index >= 15 is 0 Å². The highest BCUT2D eigenvalue weighted by Gasteiger charge is 2.30. The third-order valence-electron chi connectivity index (χ3n) is 4.68. The zero-order valence-corrected chi connectivity index (χ0v) is 16.1. The van der Waals surface area contributed by atoms with Crippen molar-refractivity contribution in [1.82, 2.24) is 0 Å². The second-order valence-corrected chi connectivity index (χ2v) is 8.58. The van der Waals surface area contributed by atoms with Crippen LogP contribution in [0.25, 0.3) is 0 Å². The summed E-state index contributed by atoms with van der Waals surface area (Å²) >= 11 is 0. The van der Waals surface area contributed by atoms with Gasteiger partial charge in [-0.3, -0.25) is 14.3 Å². The molecule has 0 saturated heterocycles. The maximum Gasteiger partial charge on any atom is 0.261 e. The monoisotopic (exact) mass is 391 g/mol. The van der Waals surface area contributed by atoms with Crippen molar-refractivity contribution in [2.75, 3.05) is 4.72 Å². The predicted octanol–water partition coefficient (Wildman–Crippen LogP) is 3.88. The van der Waals surface area contributed by atoms with E-state index in [0.29, 0.717) is 11.3 Å². The smallest absolute Gasteiger partial charge is 0.261 e. The van der Waals surface area contributed by atoms with Crippen LogP contribution in [-0.4, -0.2) is 20.0 Å². The topological polar surface area (TPSA) is 80.3 Å². The van der Waals surface area contributed by atoms with Crippen molar-refractivity contribution in [1.29, 1.82) is 0 Å². The van der Waals surface area contributed by atoms with Crippen LogP contribution >= 0.6 is 0 Å². The molecule has 0 atom stereocenters. The molecule has 0 bridgehead atoms. The van der Waals surface area contributed by atoms with Gasteiger partial charge in [0.25, 0.3) is 10.0 Å². The van der Waals surface area contributed by atoms with Crippen LogP contribution in [0.2, 0.25) is 0 Å². The summed E-state index contributed by atoms with van der Waals surface area (Å²) in [7, 11) is -3.91. The Bertz CT molecular complexity index is 1240. The van der Waals surface area contributed by atoms with Crippen LogP contribution < -0.4 is 4.72 Å². The van der Waals surface area contributed by atoms with Crippen LogP contribution in [-0.2, 0) is 10.0 Å². The minimum atomic E-state index is -3.91. The molecule has 0 aliphatic heterocycles. The molecule has 3 aromatic carbocycles. The number of ketones is 2. The molecule has 0 saturated carbocycles. The molecule has 0 aromatic heterocycles. The van der Waals surface area contributed by atoms with Gasteiger partial charge in [-0.05, 0) is 55.3 Å². The van der Waals surface area contributed by atoms with E-state index in [1.807, 2.05) is 19.9 Å². The number of hydrogen-bond acceptors (Lipinski definition) is 4. The summed E-state index contributed by atoms with van der Waals surface area (Å²) < 4.78 is 28.2. The van der Waals surface area contributed by atoms with Crippen LogP contribution in [0, 0.1) is 13.8 Å². The lowest BCUT2D eigenvalue weighted by atomic mass is 9.84. The van der Waals surface area contributed by atoms with E-state index in [0.717, 1.165) is 11.1 Å². The minimum absolute atomic E-state index is 0.0639. The van der Waals surface area contributed by atoms with Gasteiger partial charge in [-0.15, -0.1) is 0 Å². The van der Waals surface area contributed by atoms with Crippen molar-refractivity contribution in [3.8, 4) is 0 Å². The average molecular weight is 391 g/mol. The summed E-state index contributed by atoms with van der Waals surface area (Å²) in [5, 5.41) is 0. The highest BCUT2D eigenvalue weighted by molar-refractivity contribution is 7.92. The molecule has 0 heterocycles. The zero-order valence-electron chi connectivity index (χ0n) is 15.3. The second kappa shape index (κ2) is 6.42. The van der Waals surface area contributed by atoms with Gasteiger partial charge in [-0.1, -0.05) is 30.3 Å². The summed E-state index contributed by atoms with van der Waals surface area (Å²) in [6, 6.07) is 16.0. The Morgan fingerprint density at radius 1 is 0.679 bits per heavy atom. The number of anilines is 1. The van der Waals surface area contributed by atoms with Gasteiger partial charge in [0.15, 0.2) is 11.6 Å². The van der Waals surface area contributed by atoms with Gasteiger partial charge in [-0.25, -0.2) is 8.42 Å². The van der Waals surface area contributed by atoms with Gasteiger partial charge in [0.2, 0.25) is 0 Å². The maximum absolute atomic E-state index is 12.8. The molecule has 1 N–H and O–H groups in total. The molecule has 28 heavy (non-hydrogen) atoms. The van der Waals surface area contributed by atoms with Gasteiger partial charge in [-0.2, -0.15) is 0 Å². The van der Waals surface area contributed by atoms with Crippen molar-refractivity contribution in [3.63, 3.8) is 0 Å². The molecule has 3 aromatic rings. The summed E-state index contributed by atoms with van der Waals surface area (Å²) in [5.74, 6) is -0.634. The standard InChI is InChI=1S/C22H17NO4S/c1-13-9-14(2)11-15(10-13)23-28(26,27)16-7-8-19-20(12-16)22(25)18-6-4-3-5-17(18)21(19)24/h3-12,23H,1-2H3. The molecular formula is C22H17NO4S. The largest absolute Gasteiger partial charge is 0.289 e. The molecule has 1 aliphatic rings. The molecule has 1 aliphatic carbocycles. The molecule has 0 radical (unpaired) electrons. The average Bonchev–Trinajstić information content (AvgIpc) is 2.64. The number of rotatable bonds is 3. The SMILES string of the molecule is Cc1cc(C)cc(NS(=O)(=O)c2ccc3c(c2)C(=O)c2ccccc2C3=O)c1. The zero-order chi connectivity index (χ0) is 20.1. The summed E-state index contributed by atoms with van der Waals surface area (Å²) in [6.07, 6.45) is 0. The highest BCUT2D eigenvalue weighted by atomic mass is 32.2. The normalized spacial score (nSPS) is 13.1. The molecule has 4 rings (SSSR count). The molecule has 0 unspecified atom stereocenters. The van der Waals surface area contributed by atoms with E-state index in [1.54, 1.807) is 36.4 Å². The molecule has 0 spiro atoms. The summed E-state index contributed by atoms with van der Waals surface area (Å²) in [4.78, 5) is 25.4. The third-order valence-corrected chi connectivity index (χ3v) is 6.06. The number of benzene rings is 3. The number of aryl methyl sites for hydroxylation is 2. The molecule has 5 nitrogen and oxygen atoms in total. The lowest BCUT2D eigenvalue weighted by Gasteiger charge is -2.18. The number of nitrogens with one attached hydrogen (secondary N) is 1. The van der Waals surface area contributed by atoms with Gasteiger partial charge in [0.05, 0.1) is 4.90 Å². The third kappa shape index (κ3) is 3.01. The number of carbonyl (C=O) groups excluding carboxylic acids is 2. The first kappa shape index (κ1) is 18.1. The number of hydrogen-bond donors (Lipinski definition) is 1. The fraction of sp³-hybridized carbons (Fsp3) is 0.0909. The van der Waals surface area contributed by atoms with E-state index in [-0.39, 0.29) is 33.2 Å². The Labute approximate surface area is 163 Å². The van der Waals surface area contributed by atoms with Crippen molar-refractivity contribution in [2.45, 2.75) is 18.7 Å². The van der Waals surface area contributed by atoms with Crippen LogP contribution in [0.1, 0.15) is 43.0 Å².